The SMILES string of the molecule is Cc1cc(C(O)C(O)C#N)c(C)n1-c1cccc(F)c1. The van der Waals surface area contributed by atoms with E-state index in [9.17, 15) is 14.6 Å². The van der Waals surface area contributed by atoms with Crippen molar-refractivity contribution in [3.63, 3.8) is 0 Å². The Labute approximate surface area is 116 Å². The Balaban J connectivity index is 2.53. The Morgan fingerprint density at radius 2 is 1.95 bits per heavy atom. The van der Waals surface area contributed by atoms with Gasteiger partial charge in [-0.1, -0.05) is 6.07 Å². The third-order valence-corrected chi connectivity index (χ3v) is 3.29. The van der Waals surface area contributed by atoms with Gasteiger partial charge in [-0.3, -0.25) is 0 Å². The molecule has 20 heavy (non-hydrogen) atoms. The van der Waals surface area contributed by atoms with Crippen LogP contribution < -0.4 is 0 Å². The summed E-state index contributed by atoms with van der Waals surface area (Å²) in [5.74, 6) is -0.353. The molecule has 0 fully saturated rings. The number of halogens is 1. The zero-order valence-electron chi connectivity index (χ0n) is 11.2. The van der Waals surface area contributed by atoms with E-state index in [2.05, 4.69) is 0 Å². The lowest BCUT2D eigenvalue weighted by molar-refractivity contribution is 0.0524. The second kappa shape index (κ2) is 5.45. The van der Waals surface area contributed by atoms with Crippen LogP contribution in [-0.4, -0.2) is 20.9 Å². The molecule has 4 nitrogen and oxygen atoms in total. The van der Waals surface area contributed by atoms with E-state index in [0.29, 0.717) is 16.9 Å². The highest BCUT2D eigenvalue weighted by Gasteiger charge is 2.23. The van der Waals surface area contributed by atoms with Crippen molar-refractivity contribution in [3.8, 4) is 11.8 Å². The van der Waals surface area contributed by atoms with Crippen LogP contribution in [0.15, 0.2) is 30.3 Å². The minimum atomic E-state index is -1.49. The van der Waals surface area contributed by atoms with Gasteiger partial charge < -0.3 is 14.8 Å². The third kappa shape index (κ3) is 2.44. The Kier molecular flexibility index (Phi) is 3.89. The maximum absolute atomic E-state index is 13.3. The van der Waals surface area contributed by atoms with Crippen molar-refractivity contribution in [1.82, 2.24) is 4.57 Å². The summed E-state index contributed by atoms with van der Waals surface area (Å²) in [6.07, 6.45) is -2.77. The van der Waals surface area contributed by atoms with E-state index in [1.807, 2.05) is 6.92 Å². The molecule has 0 amide bonds. The fourth-order valence-electron chi connectivity index (χ4n) is 2.34. The van der Waals surface area contributed by atoms with Crippen molar-refractivity contribution in [2.24, 2.45) is 0 Å². The van der Waals surface area contributed by atoms with Crippen LogP contribution in [0.25, 0.3) is 5.69 Å². The van der Waals surface area contributed by atoms with E-state index in [0.717, 1.165) is 5.69 Å². The maximum Gasteiger partial charge on any atom is 0.170 e. The van der Waals surface area contributed by atoms with Gasteiger partial charge in [0, 0.05) is 22.6 Å². The molecule has 2 aromatic rings. The Morgan fingerprint density at radius 3 is 2.55 bits per heavy atom. The molecule has 2 N–H and O–H groups in total. The van der Waals surface area contributed by atoms with Gasteiger partial charge >= 0.3 is 0 Å². The van der Waals surface area contributed by atoms with Gasteiger partial charge in [-0.05, 0) is 38.1 Å². The average molecular weight is 274 g/mol. The highest BCUT2D eigenvalue weighted by molar-refractivity contribution is 5.42. The number of aliphatic hydroxyl groups excluding tert-OH is 2. The molecule has 104 valence electrons. The van der Waals surface area contributed by atoms with Gasteiger partial charge in [0.1, 0.15) is 11.9 Å². The van der Waals surface area contributed by atoms with Crippen LogP contribution >= 0.6 is 0 Å². The van der Waals surface area contributed by atoms with Crippen molar-refractivity contribution in [1.29, 1.82) is 5.26 Å². The van der Waals surface area contributed by atoms with Crippen LogP contribution in [0, 0.1) is 31.0 Å². The fraction of sp³-hybridized carbons (Fsp3) is 0.267. The molecule has 2 atom stereocenters. The summed E-state index contributed by atoms with van der Waals surface area (Å²) >= 11 is 0. The van der Waals surface area contributed by atoms with Gasteiger partial charge in [-0.15, -0.1) is 0 Å². The molecule has 1 aromatic heterocycles. The van der Waals surface area contributed by atoms with Gasteiger partial charge in [0.15, 0.2) is 6.10 Å². The highest BCUT2D eigenvalue weighted by Crippen LogP contribution is 2.27. The minimum Gasteiger partial charge on any atom is -0.384 e. The van der Waals surface area contributed by atoms with Crippen molar-refractivity contribution in [2.45, 2.75) is 26.1 Å². The van der Waals surface area contributed by atoms with E-state index in [-0.39, 0.29) is 5.82 Å². The predicted octanol–water partition coefficient (Wildman–Crippen LogP) is 2.15. The smallest absolute Gasteiger partial charge is 0.170 e. The molecular weight excluding hydrogens is 259 g/mol. The van der Waals surface area contributed by atoms with Crippen LogP contribution in [0.1, 0.15) is 23.1 Å². The number of nitrogens with zero attached hydrogens (tertiary/aromatic N) is 2. The van der Waals surface area contributed by atoms with Gasteiger partial charge in [0.05, 0.1) is 6.07 Å². The monoisotopic (exact) mass is 274 g/mol. The first kappa shape index (κ1) is 14.3. The fourth-order valence-corrected chi connectivity index (χ4v) is 2.34. The van der Waals surface area contributed by atoms with E-state index in [1.165, 1.54) is 12.1 Å². The van der Waals surface area contributed by atoms with E-state index < -0.39 is 12.2 Å². The van der Waals surface area contributed by atoms with Crippen molar-refractivity contribution in [2.75, 3.05) is 0 Å². The van der Waals surface area contributed by atoms with Crippen molar-refractivity contribution >= 4 is 0 Å². The molecule has 5 heteroatoms. The normalized spacial score (nSPS) is 13.8. The summed E-state index contributed by atoms with van der Waals surface area (Å²) < 4.78 is 15.1. The Hall–Kier alpha value is -2.16. The number of aromatic nitrogens is 1. The summed E-state index contributed by atoms with van der Waals surface area (Å²) in [5.41, 5.74) is 2.54. The molecule has 0 saturated heterocycles. The number of nitriles is 1. The standard InChI is InChI=1S/C15H15FN2O2/c1-9-6-13(15(20)14(19)8-17)10(2)18(9)12-5-3-4-11(16)7-12/h3-7,14-15,19-20H,1-2H3. The lowest BCUT2D eigenvalue weighted by Gasteiger charge is -2.13. The number of aliphatic hydroxyl groups is 2. The number of rotatable bonds is 3. The second-order valence-electron chi connectivity index (χ2n) is 4.66. The molecular formula is C15H15FN2O2. The summed E-state index contributed by atoms with van der Waals surface area (Å²) in [5, 5.41) is 28.1. The third-order valence-electron chi connectivity index (χ3n) is 3.29. The van der Waals surface area contributed by atoms with Crippen LogP contribution in [0.2, 0.25) is 0 Å². The van der Waals surface area contributed by atoms with Gasteiger partial charge in [0.2, 0.25) is 0 Å². The molecule has 0 aliphatic heterocycles. The minimum absolute atomic E-state index is 0.353. The molecule has 0 aliphatic carbocycles. The second-order valence-corrected chi connectivity index (χ2v) is 4.66. The molecule has 0 spiro atoms. The molecule has 0 saturated carbocycles. The topological polar surface area (TPSA) is 69.2 Å². The Bertz CT molecular complexity index is 673. The quantitative estimate of drug-likeness (QED) is 0.843. The van der Waals surface area contributed by atoms with E-state index in [1.54, 1.807) is 35.8 Å². The van der Waals surface area contributed by atoms with Crippen LogP contribution in [0.3, 0.4) is 0 Å². The van der Waals surface area contributed by atoms with Crippen LogP contribution in [0.5, 0.6) is 0 Å². The van der Waals surface area contributed by atoms with Gasteiger partial charge in [-0.25, -0.2) is 4.39 Å². The predicted molar refractivity (Wildman–Crippen MR) is 71.8 cm³/mol. The van der Waals surface area contributed by atoms with E-state index in [4.69, 9.17) is 5.26 Å². The summed E-state index contributed by atoms with van der Waals surface area (Å²) in [7, 11) is 0. The van der Waals surface area contributed by atoms with Gasteiger partial charge in [0.25, 0.3) is 0 Å². The molecule has 0 aliphatic rings. The first-order valence-corrected chi connectivity index (χ1v) is 6.16. The molecule has 0 radical (unpaired) electrons. The summed E-state index contributed by atoms with van der Waals surface area (Å²) in [4.78, 5) is 0. The van der Waals surface area contributed by atoms with Crippen molar-refractivity contribution < 1.29 is 14.6 Å². The van der Waals surface area contributed by atoms with Crippen LogP contribution in [0.4, 0.5) is 4.39 Å². The Morgan fingerprint density at radius 1 is 1.25 bits per heavy atom. The summed E-state index contributed by atoms with van der Waals surface area (Å²) in [6.45, 7) is 3.56. The number of benzene rings is 1. The molecule has 1 heterocycles. The van der Waals surface area contributed by atoms with Crippen molar-refractivity contribution in [3.05, 3.63) is 53.1 Å². The maximum atomic E-state index is 13.3. The van der Waals surface area contributed by atoms with Gasteiger partial charge in [-0.2, -0.15) is 5.26 Å². The average Bonchev–Trinajstić information content (AvgIpc) is 2.72. The van der Waals surface area contributed by atoms with Crippen LogP contribution in [-0.2, 0) is 0 Å². The lowest BCUT2D eigenvalue weighted by Crippen LogP contribution is -2.16. The number of aryl methyl sites for hydroxylation is 1. The number of hydrogen-bond acceptors (Lipinski definition) is 3. The molecule has 1 aromatic carbocycles. The zero-order chi connectivity index (χ0) is 14.9. The first-order valence-electron chi connectivity index (χ1n) is 6.16. The molecule has 2 unspecified atom stereocenters. The van der Waals surface area contributed by atoms with E-state index >= 15 is 0 Å². The first-order chi connectivity index (χ1) is 9.45. The largest absolute Gasteiger partial charge is 0.384 e. The number of hydrogen-bond donors (Lipinski definition) is 2. The molecule has 2 rings (SSSR count). The zero-order valence-corrected chi connectivity index (χ0v) is 11.2. The lowest BCUT2D eigenvalue weighted by atomic mass is 10.1. The summed E-state index contributed by atoms with van der Waals surface area (Å²) in [6, 6.07) is 9.38. The highest BCUT2D eigenvalue weighted by atomic mass is 19.1. The molecule has 0 bridgehead atoms.